The summed E-state index contributed by atoms with van der Waals surface area (Å²) < 4.78 is 0.830. The van der Waals surface area contributed by atoms with Crippen LogP contribution in [0.2, 0.25) is 0 Å². The summed E-state index contributed by atoms with van der Waals surface area (Å²) in [7, 11) is 0. The molecule has 1 heterocycles. The number of halogens is 1. The van der Waals surface area contributed by atoms with Crippen LogP contribution in [0.1, 0.15) is 46.5 Å². The van der Waals surface area contributed by atoms with E-state index in [9.17, 15) is 4.79 Å². The molecule has 1 aliphatic carbocycles. The summed E-state index contributed by atoms with van der Waals surface area (Å²) in [5.74, 6) is 1.03. The second-order valence-corrected chi connectivity index (χ2v) is 7.61. The minimum Gasteiger partial charge on any atom is -0.325 e. The van der Waals surface area contributed by atoms with Crippen molar-refractivity contribution in [3.63, 3.8) is 0 Å². The van der Waals surface area contributed by atoms with Crippen molar-refractivity contribution in [2.75, 3.05) is 5.32 Å². The Kier molecular flexibility index (Phi) is 4.84. The lowest BCUT2D eigenvalue weighted by Gasteiger charge is -2.36. The summed E-state index contributed by atoms with van der Waals surface area (Å²) in [5.41, 5.74) is 1.17. The molecule has 1 N–H and O–H groups in total. The molecule has 2 rings (SSSR count). The standard InChI is InChI=1S/C16H23BrN2O/c1-16(2,3)12-6-4-11(5-7-12)15(20)19-14-8-9-18-10-13(14)17/h8-12H,4-7H2,1-3H3,(H,18,19,20). The van der Waals surface area contributed by atoms with E-state index in [1.807, 2.05) is 6.07 Å². The zero-order chi connectivity index (χ0) is 14.8. The van der Waals surface area contributed by atoms with Crippen LogP contribution in [-0.2, 0) is 4.79 Å². The van der Waals surface area contributed by atoms with Gasteiger partial charge >= 0.3 is 0 Å². The van der Waals surface area contributed by atoms with Gasteiger partial charge in [-0.1, -0.05) is 20.8 Å². The Morgan fingerprint density at radius 2 is 1.95 bits per heavy atom. The molecule has 110 valence electrons. The molecule has 0 aliphatic heterocycles. The van der Waals surface area contributed by atoms with Crippen LogP contribution in [0.5, 0.6) is 0 Å². The minimum absolute atomic E-state index is 0.143. The van der Waals surface area contributed by atoms with Gasteiger partial charge in [0.05, 0.1) is 10.2 Å². The molecule has 1 aromatic heterocycles. The second-order valence-electron chi connectivity index (χ2n) is 6.76. The van der Waals surface area contributed by atoms with Crippen molar-refractivity contribution in [2.24, 2.45) is 17.3 Å². The van der Waals surface area contributed by atoms with E-state index in [1.54, 1.807) is 12.4 Å². The van der Waals surface area contributed by atoms with Crippen LogP contribution in [0.25, 0.3) is 0 Å². The van der Waals surface area contributed by atoms with E-state index >= 15 is 0 Å². The molecule has 0 aromatic carbocycles. The number of rotatable bonds is 2. The lowest BCUT2D eigenvalue weighted by Crippen LogP contribution is -2.31. The molecule has 4 heteroatoms. The van der Waals surface area contributed by atoms with Crippen molar-refractivity contribution in [2.45, 2.75) is 46.5 Å². The van der Waals surface area contributed by atoms with Crippen molar-refractivity contribution < 1.29 is 4.79 Å². The molecule has 1 aliphatic rings. The Morgan fingerprint density at radius 3 is 2.50 bits per heavy atom. The Labute approximate surface area is 129 Å². The molecule has 3 nitrogen and oxygen atoms in total. The summed E-state index contributed by atoms with van der Waals surface area (Å²) in [6.45, 7) is 6.89. The summed E-state index contributed by atoms with van der Waals surface area (Å²) in [5, 5.41) is 3.01. The van der Waals surface area contributed by atoms with Crippen LogP contribution in [0.3, 0.4) is 0 Å². The molecule has 1 fully saturated rings. The van der Waals surface area contributed by atoms with Gasteiger partial charge in [-0.05, 0) is 59.0 Å². The summed E-state index contributed by atoms with van der Waals surface area (Å²) in [4.78, 5) is 16.3. The fourth-order valence-corrected chi connectivity index (χ4v) is 3.28. The second kappa shape index (κ2) is 6.25. The molecule has 1 aromatic rings. The highest BCUT2D eigenvalue weighted by Gasteiger charge is 2.32. The number of hydrogen-bond acceptors (Lipinski definition) is 2. The van der Waals surface area contributed by atoms with E-state index in [0.717, 1.165) is 41.8 Å². The van der Waals surface area contributed by atoms with Crippen molar-refractivity contribution in [3.8, 4) is 0 Å². The van der Waals surface area contributed by atoms with Gasteiger partial charge in [-0.25, -0.2) is 0 Å². The van der Waals surface area contributed by atoms with E-state index in [2.05, 4.69) is 47.0 Å². The van der Waals surface area contributed by atoms with Gasteiger partial charge in [0.2, 0.25) is 5.91 Å². The van der Waals surface area contributed by atoms with E-state index in [0.29, 0.717) is 5.41 Å². The van der Waals surface area contributed by atoms with Crippen molar-refractivity contribution >= 4 is 27.5 Å². The van der Waals surface area contributed by atoms with Crippen molar-refractivity contribution in [1.29, 1.82) is 0 Å². The van der Waals surface area contributed by atoms with Crippen molar-refractivity contribution in [1.82, 2.24) is 4.98 Å². The van der Waals surface area contributed by atoms with Crippen LogP contribution in [0, 0.1) is 17.3 Å². The highest BCUT2D eigenvalue weighted by atomic mass is 79.9. The first-order chi connectivity index (χ1) is 9.38. The number of carbonyl (C=O) groups excluding carboxylic acids is 1. The van der Waals surface area contributed by atoms with Gasteiger partial charge in [-0.2, -0.15) is 0 Å². The molecule has 0 radical (unpaired) electrons. The molecule has 0 atom stereocenters. The predicted octanol–water partition coefficient (Wildman–Crippen LogP) is 4.64. The number of hydrogen-bond donors (Lipinski definition) is 1. The monoisotopic (exact) mass is 338 g/mol. The van der Waals surface area contributed by atoms with E-state index in [1.165, 1.54) is 0 Å². The third-order valence-corrected chi connectivity index (χ3v) is 4.98. The predicted molar refractivity (Wildman–Crippen MR) is 85.5 cm³/mol. The first-order valence-corrected chi connectivity index (χ1v) is 8.07. The zero-order valence-electron chi connectivity index (χ0n) is 12.4. The van der Waals surface area contributed by atoms with Crippen molar-refractivity contribution in [3.05, 3.63) is 22.9 Å². The summed E-state index contributed by atoms with van der Waals surface area (Å²) >= 11 is 3.41. The third kappa shape index (κ3) is 3.81. The maximum atomic E-state index is 12.3. The van der Waals surface area contributed by atoms with Gasteiger partial charge in [-0.3, -0.25) is 9.78 Å². The molecule has 0 bridgehead atoms. The number of amides is 1. The van der Waals surface area contributed by atoms with Crippen LogP contribution in [0.15, 0.2) is 22.9 Å². The normalized spacial score (nSPS) is 23.4. The average molecular weight is 339 g/mol. The fourth-order valence-electron chi connectivity index (χ4n) is 2.93. The Bertz CT molecular complexity index is 474. The SMILES string of the molecule is CC(C)(C)C1CCC(C(=O)Nc2ccncc2Br)CC1. The van der Waals surface area contributed by atoms with Gasteiger partial charge in [0.25, 0.3) is 0 Å². The topological polar surface area (TPSA) is 42.0 Å². The highest BCUT2D eigenvalue weighted by Crippen LogP contribution is 2.40. The maximum absolute atomic E-state index is 12.3. The molecule has 1 amide bonds. The highest BCUT2D eigenvalue weighted by molar-refractivity contribution is 9.10. The number of carbonyl (C=O) groups is 1. The van der Waals surface area contributed by atoms with Crippen LogP contribution < -0.4 is 5.32 Å². The number of pyridine rings is 1. The number of nitrogens with zero attached hydrogens (tertiary/aromatic N) is 1. The fraction of sp³-hybridized carbons (Fsp3) is 0.625. The molecule has 0 saturated heterocycles. The Hall–Kier alpha value is -0.900. The van der Waals surface area contributed by atoms with E-state index < -0.39 is 0 Å². The summed E-state index contributed by atoms with van der Waals surface area (Å²) in [6, 6.07) is 1.82. The van der Waals surface area contributed by atoms with Crippen LogP contribution in [-0.4, -0.2) is 10.9 Å². The van der Waals surface area contributed by atoms with Crippen LogP contribution >= 0.6 is 15.9 Å². The first kappa shape index (κ1) is 15.5. The third-order valence-electron chi connectivity index (χ3n) is 4.35. The lowest BCUT2D eigenvalue weighted by atomic mass is 9.69. The molecule has 0 unspecified atom stereocenters. The van der Waals surface area contributed by atoms with Crippen LogP contribution in [0.4, 0.5) is 5.69 Å². The largest absolute Gasteiger partial charge is 0.325 e. The molecule has 1 saturated carbocycles. The molecular weight excluding hydrogens is 316 g/mol. The number of nitrogens with one attached hydrogen (secondary N) is 1. The molecular formula is C16H23BrN2O. The first-order valence-electron chi connectivity index (χ1n) is 7.28. The van der Waals surface area contributed by atoms with Gasteiger partial charge in [-0.15, -0.1) is 0 Å². The lowest BCUT2D eigenvalue weighted by molar-refractivity contribution is -0.121. The molecule has 20 heavy (non-hydrogen) atoms. The van der Waals surface area contributed by atoms with E-state index in [4.69, 9.17) is 0 Å². The van der Waals surface area contributed by atoms with Gasteiger partial charge in [0.1, 0.15) is 0 Å². The van der Waals surface area contributed by atoms with Gasteiger partial charge < -0.3 is 5.32 Å². The quantitative estimate of drug-likeness (QED) is 0.853. The Morgan fingerprint density at radius 1 is 1.30 bits per heavy atom. The smallest absolute Gasteiger partial charge is 0.227 e. The summed E-state index contributed by atoms with van der Waals surface area (Å²) in [6.07, 6.45) is 7.69. The van der Waals surface area contributed by atoms with E-state index in [-0.39, 0.29) is 11.8 Å². The van der Waals surface area contributed by atoms with Gasteiger partial charge in [0.15, 0.2) is 0 Å². The maximum Gasteiger partial charge on any atom is 0.227 e. The minimum atomic E-state index is 0.143. The van der Waals surface area contributed by atoms with Gasteiger partial charge in [0, 0.05) is 18.3 Å². The number of anilines is 1. The average Bonchev–Trinajstić information content (AvgIpc) is 2.40. The molecule has 0 spiro atoms. The number of aromatic nitrogens is 1. The zero-order valence-corrected chi connectivity index (χ0v) is 14.0. The Balaban J connectivity index is 1.91.